The van der Waals surface area contributed by atoms with Crippen LogP contribution in [0.15, 0.2) is 24.4 Å². The third-order valence-corrected chi connectivity index (χ3v) is 2.67. The van der Waals surface area contributed by atoms with Gasteiger partial charge in [-0.1, -0.05) is 12.1 Å². The van der Waals surface area contributed by atoms with E-state index >= 15 is 0 Å². The molecule has 0 aliphatic rings. The van der Waals surface area contributed by atoms with E-state index in [1.54, 1.807) is 6.07 Å². The number of para-hydroxylation sites is 1. The summed E-state index contributed by atoms with van der Waals surface area (Å²) in [5, 5.41) is 14.1. The predicted molar refractivity (Wildman–Crippen MR) is 62.0 cm³/mol. The highest BCUT2D eigenvalue weighted by molar-refractivity contribution is 5.88. The van der Waals surface area contributed by atoms with Crippen molar-refractivity contribution in [2.75, 3.05) is 7.05 Å². The summed E-state index contributed by atoms with van der Waals surface area (Å²) in [5.41, 5.74) is 2.16. The SMILES string of the molecule is CCn1cc(CNC)c2cccc(O)c21. The van der Waals surface area contributed by atoms with Crippen molar-refractivity contribution in [3.63, 3.8) is 0 Å². The summed E-state index contributed by atoms with van der Waals surface area (Å²) in [6, 6.07) is 5.67. The smallest absolute Gasteiger partial charge is 0.139 e. The molecule has 0 saturated heterocycles. The first-order valence-corrected chi connectivity index (χ1v) is 5.22. The van der Waals surface area contributed by atoms with Crippen molar-refractivity contribution in [1.82, 2.24) is 9.88 Å². The van der Waals surface area contributed by atoms with Crippen molar-refractivity contribution in [1.29, 1.82) is 0 Å². The number of hydrogen-bond donors (Lipinski definition) is 2. The van der Waals surface area contributed by atoms with Crippen LogP contribution < -0.4 is 5.32 Å². The average Bonchev–Trinajstić information content (AvgIpc) is 2.59. The first kappa shape index (κ1) is 10.1. The van der Waals surface area contributed by atoms with Gasteiger partial charge in [-0.15, -0.1) is 0 Å². The highest BCUT2D eigenvalue weighted by Gasteiger charge is 2.09. The minimum Gasteiger partial charge on any atom is -0.506 e. The normalized spacial score (nSPS) is 11.1. The third kappa shape index (κ3) is 1.59. The van der Waals surface area contributed by atoms with Crippen molar-refractivity contribution in [3.05, 3.63) is 30.0 Å². The van der Waals surface area contributed by atoms with Crippen molar-refractivity contribution in [2.45, 2.75) is 20.0 Å². The zero-order chi connectivity index (χ0) is 10.8. The lowest BCUT2D eigenvalue weighted by molar-refractivity contribution is 0.478. The van der Waals surface area contributed by atoms with Crippen molar-refractivity contribution in [2.24, 2.45) is 0 Å². The molecule has 0 saturated carbocycles. The van der Waals surface area contributed by atoms with Crippen LogP contribution in [-0.4, -0.2) is 16.7 Å². The van der Waals surface area contributed by atoms with Crippen LogP contribution in [0.25, 0.3) is 10.9 Å². The number of nitrogens with zero attached hydrogens (tertiary/aromatic N) is 1. The molecule has 3 heteroatoms. The molecular formula is C12H16N2O. The van der Waals surface area contributed by atoms with Gasteiger partial charge < -0.3 is 15.0 Å². The minimum absolute atomic E-state index is 0.358. The van der Waals surface area contributed by atoms with Crippen molar-refractivity contribution in [3.8, 4) is 5.75 Å². The van der Waals surface area contributed by atoms with Crippen LogP contribution >= 0.6 is 0 Å². The van der Waals surface area contributed by atoms with Crippen LogP contribution in [0.2, 0.25) is 0 Å². The number of fused-ring (bicyclic) bond motifs is 1. The van der Waals surface area contributed by atoms with E-state index in [9.17, 15) is 5.11 Å². The van der Waals surface area contributed by atoms with Crippen LogP contribution in [0, 0.1) is 0 Å². The summed E-state index contributed by atoms with van der Waals surface area (Å²) in [6.07, 6.45) is 2.10. The van der Waals surface area contributed by atoms with Gasteiger partial charge >= 0.3 is 0 Å². The molecular weight excluding hydrogens is 188 g/mol. The Morgan fingerprint density at radius 3 is 2.87 bits per heavy atom. The van der Waals surface area contributed by atoms with Crippen LogP contribution in [0.4, 0.5) is 0 Å². The maximum atomic E-state index is 9.82. The first-order valence-electron chi connectivity index (χ1n) is 5.22. The van der Waals surface area contributed by atoms with E-state index in [4.69, 9.17) is 0 Å². The number of phenols is 1. The molecule has 2 rings (SSSR count). The van der Waals surface area contributed by atoms with E-state index in [-0.39, 0.29) is 0 Å². The molecule has 0 aliphatic heterocycles. The lowest BCUT2D eigenvalue weighted by Gasteiger charge is -2.01. The van der Waals surface area contributed by atoms with E-state index in [0.717, 1.165) is 24.0 Å². The monoisotopic (exact) mass is 204 g/mol. The van der Waals surface area contributed by atoms with Gasteiger partial charge in [-0.25, -0.2) is 0 Å². The molecule has 2 aromatic rings. The number of hydrogen-bond acceptors (Lipinski definition) is 2. The maximum Gasteiger partial charge on any atom is 0.139 e. The number of phenolic OH excluding ortho intramolecular Hbond substituents is 1. The third-order valence-electron chi connectivity index (χ3n) is 2.67. The average molecular weight is 204 g/mol. The quantitative estimate of drug-likeness (QED) is 0.803. The summed E-state index contributed by atoms with van der Waals surface area (Å²) in [7, 11) is 1.93. The fourth-order valence-corrected chi connectivity index (χ4v) is 2.00. The molecule has 0 spiro atoms. The molecule has 1 aromatic heterocycles. The Morgan fingerprint density at radius 2 is 2.20 bits per heavy atom. The molecule has 2 N–H and O–H groups in total. The molecule has 0 amide bonds. The molecule has 80 valence electrons. The van der Waals surface area contributed by atoms with E-state index in [0.29, 0.717) is 5.75 Å². The van der Waals surface area contributed by atoms with Crippen LogP contribution in [0.3, 0.4) is 0 Å². The molecule has 0 fully saturated rings. The fourth-order valence-electron chi connectivity index (χ4n) is 2.00. The number of benzene rings is 1. The van der Waals surface area contributed by atoms with Crippen molar-refractivity contribution < 1.29 is 5.11 Å². The van der Waals surface area contributed by atoms with Gasteiger partial charge in [0.15, 0.2) is 0 Å². The second-order valence-electron chi connectivity index (χ2n) is 3.64. The first-order chi connectivity index (χ1) is 7.27. The lowest BCUT2D eigenvalue weighted by Crippen LogP contribution is -2.04. The number of aryl methyl sites for hydroxylation is 1. The number of aromatic hydroxyl groups is 1. The van der Waals surface area contributed by atoms with Gasteiger partial charge in [-0.3, -0.25) is 0 Å². The maximum absolute atomic E-state index is 9.82. The molecule has 0 bridgehead atoms. The Balaban J connectivity index is 2.69. The Labute approximate surface area is 89.3 Å². The zero-order valence-corrected chi connectivity index (χ0v) is 9.12. The summed E-state index contributed by atoms with van der Waals surface area (Å²) in [6.45, 7) is 3.78. The Morgan fingerprint density at radius 1 is 1.40 bits per heavy atom. The highest BCUT2D eigenvalue weighted by Crippen LogP contribution is 2.28. The summed E-state index contributed by atoms with van der Waals surface area (Å²) < 4.78 is 2.08. The van der Waals surface area contributed by atoms with Gasteiger partial charge in [0, 0.05) is 24.7 Å². The molecule has 1 aromatic carbocycles. The second kappa shape index (κ2) is 3.95. The van der Waals surface area contributed by atoms with Gasteiger partial charge in [-0.2, -0.15) is 0 Å². The molecule has 0 aliphatic carbocycles. The molecule has 1 heterocycles. The van der Waals surface area contributed by atoms with E-state index in [1.165, 1.54) is 5.56 Å². The molecule has 0 atom stereocenters. The molecule has 3 nitrogen and oxygen atoms in total. The second-order valence-corrected chi connectivity index (χ2v) is 3.64. The Hall–Kier alpha value is -1.48. The van der Waals surface area contributed by atoms with E-state index in [2.05, 4.69) is 23.0 Å². The van der Waals surface area contributed by atoms with Gasteiger partial charge in [0.2, 0.25) is 0 Å². The van der Waals surface area contributed by atoms with E-state index < -0.39 is 0 Å². The standard InChI is InChI=1S/C12H16N2O/c1-3-14-8-9(7-13-2)10-5-4-6-11(15)12(10)14/h4-6,8,13,15H,3,7H2,1-2H3. The summed E-state index contributed by atoms with van der Waals surface area (Å²) in [4.78, 5) is 0. The topological polar surface area (TPSA) is 37.2 Å². The number of aromatic nitrogens is 1. The van der Waals surface area contributed by atoms with Crippen LogP contribution in [0.5, 0.6) is 5.75 Å². The van der Waals surface area contributed by atoms with E-state index in [1.807, 2.05) is 19.2 Å². The number of nitrogens with one attached hydrogen (secondary N) is 1. The molecule has 0 radical (unpaired) electrons. The van der Waals surface area contributed by atoms with Crippen LogP contribution in [0.1, 0.15) is 12.5 Å². The molecule has 0 unspecified atom stereocenters. The Kier molecular flexibility index (Phi) is 2.64. The number of rotatable bonds is 3. The van der Waals surface area contributed by atoms with Gasteiger partial charge in [-0.05, 0) is 25.6 Å². The minimum atomic E-state index is 0.358. The zero-order valence-electron chi connectivity index (χ0n) is 9.12. The van der Waals surface area contributed by atoms with Crippen molar-refractivity contribution >= 4 is 10.9 Å². The lowest BCUT2D eigenvalue weighted by atomic mass is 10.1. The molecule has 15 heavy (non-hydrogen) atoms. The summed E-state index contributed by atoms with van der Waals surface area (Å²) in [5.74, 6) is 0.358. The van der Waals surface area contributed by atoms with Gasteiger partial charge in [0.1, 0.15) is 5.75 Å². The summed E-state index contributed by atoms with van der Waals surface area (Å²) >= 11 is 0. The largest absolute Gasteiger partial charge is 0.506 e. The van der Waals surface area contributed by atoms with Gasteiger partial charge in [0.25, 0.3) is 0 Å². The van der Waals surface area contributed by atoms with Crippen LogP contribution in [-0.2, 0) is 13.1 Å². The fraction of sp³-hybridized carbons (Fsp3) is 0.333. The Bertz CT molecular complexity index is 474. The predicted octanol–water partition coefficient (Wildman–Crippen LogP) is 2.09. The highest BCUT2D eigenvalue weighted by atomic mass is 16.3. The van der Waals surface area contributed by atoms with Gasteiger partial charge in [0.05, 0.1) is 5.52 Å².